The molecule has 0 aliphatic heterocycles. The highest BCUT2D eigenvalue weighted by molar-refractivity contribution is 7.85. The molecule has 3 rings (SSSR count). The van der Waals surface area contributed by atoms with Crippen molar-refractivity contribution in [2.24, 2.45) is 0 Å². The largest absolute Gasteiger partial charge is 0.748 e. The summed E-state index contributed by atoms with van der Waals surface area (Å²) in [6.07, 6.45) is 4.13. The third-order valence-electron chi connectivity index (χ3n) is 3.78. The topological polar surface area (TPSA) is 187 Å². The van der Waals surface area contributed by atoms with Gasteiger partial charge in [-0.05, 0) is 28.0 Å². The van der Waals surface area contributed by atoms with Gasteiger partial charge >= 0.3 is 0 Å². The number of rotatable bonds is 5. The Morgan fingerprint density at radius 1 is 0.778 bits per heavy atom. The predicted octanol–water partition coefficient (Wildman–Crippen LogP) is -0.569. The highest BCUT2D eigenvalue weighted by Crippen LogP contribution is 2.23. The van der Waals surface area contributed by atoms with E-state index in [0.717, 1.165) is 11.1 Å². The monoisotopic (exact) mass is 399 g/mol. The molecule has 150 valence electrons. The molecule has 1 heterocycles. The van der Waals surface area contributed by atoms with Gasteiger partial charge in [-0.15, -0.1) is 0 Å². The first kappa shape index (κ1) is 26.8. The van der Waals surface area contributed by atoms with Gasteiger partial charge in [-0.2, -0.15) is 0 Å². The summed E-state index contributed by atoms with van der Waals surface area (Å²) in [5.41, 5.74) is 2.24. The number of nitrogens with zero attached hydrogens (tertiary/aromatic N) is 1. The van der Waals surface area contributed by atoms with Gasteiger partial charge in [0.05, 0.1) is 10.1 Å². The summed E-state index contributed by atoms with van der Waals surface area (Å²) in [4.78, 5) is 0. The normalized spacial score (nSPS) is 9.96. The molecule has 0 spiro atoms. The van der Waals surface area contributed by atoms with Gasteiger partial charge in [0.1, 0.15) is 6.54 Å². The van der Waals surface area contributed by atoms with Crippen LogP contribution in [0.1, 0.15) is 6.42 Å². The van der Waals surface area contributed by atoms with Crippen molar-refractivity contribution in [1.82, 2.24) is 0 Å². The molecule has 0 atom stereocenters. The molecule has 0 amide bonds. The first-order valence-electron chi connectivity index (χ1n) is 7.43. The lowest BCUT2D eigenvalue weighted by molar-refractivity contribution is -0.696. The van der Waals surface area contributed by atoms with Crippen LogP contribution in [0, 0.1) is 0 Å². The molecule has 1 aromatic heterocycles. The molecule has 8 N–H and O–H groups in total. The Hall–Kier alpha value is -2.40. The second kappa shape index (κ2) is 11.3. The van der Waals surface area contributed by atoms with Crippen LogP contribution >= 0.6 is 0 Å². The van der Waals surface area contributed by atoms with Gasteiger partial charge < -0.3 is 26.5 Å². The van der Waals surface area contributed by atoms with E-state index in [-0.39, 0.29) is 27.7 Å². The van der Waals surface area contributed by atoms with Crippen LogP contribution in [0.25, 0.3) is 21.9 Å². The maximum absolute atomic E-state index is 10.6. The van der Waals surface area contributed by atoms with Crippen molar-refractivity contribution in [3.05, 3.63) is 67.0 Å². The summed E-state index contributed by atoms with van der Waals surface area (Å²) in [5.74, 6) is -0.327. The number of benzene rings is 2. The van der Waals surface area contributed by atoms with Crippen molar-refractivity contribution < 1.29 is 39.4 Å². The summed E-state index contributed by atoms with van der Waals surface area (Å²) >= 11 is 0. The van der Waals surface area contributed by atoms with Gasteiger partial charge in [0.25, 0.3) is 0 Å². The zero-order chi connectivity index (χ0) is 16.3. The Kier molecular flexibility index (Phi) is 11.3. The van der Waals surface area contributed by atoms with Gasteiger partial charge in [0.2, 0.25) is 0 Å². The molecule has 0 radical (unpaired) electrons. The van der Waals surface area contributed by atoms with Crippen molar-refractivity contribution in [2.75, 3.05) is 5.75 Å². The zero-order valence-electron chi connectivity index (χ0n) is 14.6. The standard InChI is InChI=1S/C18H17NO3S.4H2O/c20-23(21,22)13-3-10-19-11-8-16(9-12-19)18-7-6-15-4-1-2-5-17(15)14-18;;;;/h1-2,4-9,11-12,14H,3,10,13H2;4*1H2. The van der Waals surface area contributed by atoms with Crippen molar-refractivity contribution in [3.63, 3.8) is 0 Å². The smallest absolute Gasteiger partial charge is 0.169 e. The average molecular weight is 399 g/mol. The predicted molar refractivity (Wildman–Crippen MR) is 103 cm³/mol. The molecule has 0 fully saturated rings. The number of aromatic nitrogens is 1. The van der Waals surface area contributed by atoms with E-state index in [2.05, 4.69) is 30.3 Å². The fraction of sp³-hybridized carbons (Fsp3) is 0.167. The van der Waals surface area contributed by atoms with E-state index < -0.39 is 10.1 Å². The first-order valence-corrected chi connectivity index (χ1v) is 9.01. The number of hydrogen-bond acceptors (Lipinski definition) is 3. The van der Waals surface area contributed by atoms with Crippen LogP contribution in [0.3, 0.4) is 0 Å². The molecule has 8 nitrogen and oxygen atoms in total. The maximum atomic E-state index is 10.6. The van der Waals surface area contributed by atoms with Gasteiger partial charge in [0.15, 0.2) is 12.4 Å². The zero-order valence-corrected chi connectivity index (χ0v) is 15.4. The van der Waals surface area contributed by atoms with Crippen LogP contribution in [0.15, 0.2) is 67.0 Å². The molecule has 0 bridgehead atoms. The minimum absolute atomic E-state index is 0. The summed E-state index contributed by atoms with van der Waals surface area (Å²) in [6, 6.07) is 18.6. The quantitative estimate of drug-likeness (QED) is 0.411. The molecule has 0 saturated heterocycles. The molecule has 0 aliphatic rings. The van der Waals surface area contributed by atoms with Crippen LogP contribution in [0.4, 0.5) is 0 Å². The number of pyridine rings is 1. The fourth-order valence-corrected chi connectivity index (χ4v) is 3.07. The van der Waals surface area contributed by atoms with Crippen molar-refractivity contribution in [1.29, 1.82) is 0 Å². The second-order valence-corrected chi connectivity index (χ2v) is 7.03. The number of aryl methyl sites for hydroxylation is 1. The van der Waals surface area contributed by atoms with Crippen LogP contribution in [-0.4, -0.2) is 40.6 Å². The Balaban J connectivity index is 0. The van der Waals surface area contributed by atoms with Crippen LogP contribution in [-0.2, 0) is 16.7 Å². The number of hydrogen-bond donors (Lipinski definition) is 0. The molecule has 9 heteroatoms. The van der Waals surface area contributed by atoms with E-state index in [1.807, 2.05) is 41.2 Å². The molecule has 3 aromatic rings. The molecular formula is C18H25NO7S. The Morgan fingerprint density at radius 3 is 1.96 bits per heavy atom. The molecule has 2 aromatic carbocycles. The fourth-order valence-electron chi connectivity index (χ4n) is 2.59. The highest BCUT2D eigenvalue weighted by Gasteiger charge is 2.05. The summed E-state index contributed by atoms with van der Waals surface area (Å²) in [7, 11) is -4.13. The Morgan fingerprint density at radius 2 is 1.37 bits per heavy atom. The Bertz CT molecular complexity index is 928. The van der Waals surface area contributed by atoms with Crippen molar-refractivity contribution >= 4 is 20.9 Å². The van der Waals surface area contributed by atoms with Crippen LogP contribution in [0.2, 0.25) is 0 Å². The summed E-state index contributed by atoms with van der Waals surface area (Å²) < 4.78 is 33.7. The minimum Gasteiger partial charge on any atom is -0.748 e. The average Bonchev–Trinajstić information content (AvgIpc) is 2.54. The lowest BCUT2D eigenvalue weighted by Gasteiger charge is -2.05. The van der Waals surface area contributed by atoms with Gasteiger partial charge in [-0.3, -0.25) is 0 Å². The minimum atomic E-state index is -4.13. The summed E-state index contributed by atoms with van der Waals surface area (Å²) in [5, 5.41) is 2.41. The van der Waals surface area contributed by atoms with E-state index in [1.165, 1.54) is 10.8 Å². The molecule has 0 unspecified atom stereocenters. The lowest BCUT2D eigenvalue weighted by Crippen LogP contribution is -2.33. The van der Waals surface area contributed by atoms with Gasteiger partial charge in [0, 0.05) is 24.3 Å². The third-order valence-corrected chi connectivity index (χ3v) is 4.57. The Labute approximate surface area is 157 Å². The number of fused-ring (bicyclic) bond motifs is 1. The molecule has 0 saturated carbocycles. The van der Waals surface area contributed by atoms with E-state index in [4.69, 9.17) is 0 Å². The first-order chi connectivity index (χ1) is 11.0. The van der Waals surface area contributed by atoms with E-state index in [0.29, 0.717) is 13.0 Å². The second-order valence-electron chi connectivity index (χ2n) is 5.50. The molecular weight excluding hydrogens is 374 g/mol. The van der Waals surface area contributed by atoms with E-state index in [9.17, 15) is 13.0 Å². The van der Waals surface area contributed by atoms with E-state index in [1.54, 1.807) is 0 Å². The van der Waals surface area contributed by atoms with Crippen molar-refractivity contribution in [2.45, 2.75) is 13.0 Å². The lowest BCUT2D eigenvalue weighted by atomic mass is 10.0. The highest BCUT2D eigenvalue weighted by atomic mass is 32.2. The van der Waals surface area contributed by atoms with Gasteiger partial charge in [-0.25, -0.2) is 13.0 Å². The molecule has 27 heavy (non-hydrogen) atoms. The van der Waals surface area contributed by atoms with E-state index >= 15 is 0 Å². The van der Waals surface area contributed by atoms with Gasteiger partial charge in [-0.1, -0.05) is 36.4 Å². The third kappa shape index (κ3) is 7.39. The molecule has 0 aliphatic carbocycles. The summed E-state index contributed by atoms with van der Waals surface area (Å²) in [6.45, 7) is 0.513. The van der Waals surface area contributed by atoms with Crippen LogP contribution < -0.4 is 4.57 Å². The SMILES string of the molecule is O.O.O.O.O=S(=O)([O-])CCC[n+]1ccc(-c2ccc3ccccc3c2)cc1. The van der Waals surface area contributed by atoms with Crippen molar-refractivity contribution in [3.8, 4) is 11.1 Å². The van der Waals surface area contributed by atoms with Crippen LogP contribution in [0.5, 0.6) is 0 Å². The maximum Gasteiger partial charge on any atom is 0.169 e.